The molecule has 3 aromatic carbocycles. The van der Waals surface area contributed by atoms with E-state index in [0.717, 1.165) is 13.0 Å². The highest BCUT2D eigenvalue weighted by Crippen LogP contribution is 2.36. The molecule has 0 aliphatic rings. The van der Waals surface area contributed by atoms with Gasteiger partial charge in [0.2, 0.25) is 0 Å². The summed E-state index contributed by atoms with van der Waals surface area (Å²) in [6.45, 7) is 5.55. The highest BCUT2D eigenvalue weighted by molar-refractivity contribution is 5.33. The molecule has 0 aromatic heterocycles. The van der Waals surface area contributed by atoms with E-state index >= 15 is 0 Å². The first-order valence-corrected chi connectivity index (χ1v) is 9.66. The molecule has 0 saturated carbocycles. The smallest absolute Gasteiger partial charge is 0.0208 e. The molecule has 0 amide bonds. The Balaban J connectivity index is 1.83. The minimum absolute atomic E-state index is 0.403. The highest BCUT2D eigenvalue weighted by Gasteiger charge is 2.27. The van der Waals surface area contributed by atoms with Gasteiger partial charge in [0.05, 0.1) is 0 Å². The minimum atomic E-state index is 0.403. The summed E-state index contributed by atoms with van der Waals surface area (Å²) in [5.74, 6) is 0.934. The van der Waals surface area contributed by atoms with E-state index in [-0.39, 0.29) is 0 Å². The lowest BCUT2D eigenvalue weighted by Crippen LogP contribution is -2.36. The third-order valence-corrected chi connectivity index (χ3v) is 5.33. The van der Waals surface area contributed by atoms with Gasteiger partial charge in [0, 0.05) is 18.5 Å². The molecular formula is C25H29N. The lowest BCUT2D eigenvalue weighted by atomic mass is 9.76. The van der Waals surface area contributed by atoms with Gasteiger partial charge < -0.3 is 5.32 Å². The Morgan fingerprint density at radius 2 is 1.15 bits per heavy atom. The molecular weight excluding hydrogens is 314 g/mol. The summed E-state index contributed by atoms with van der Waals surface area (Å²) in [6, 6.07) is 33.0. The van der Waals surface area contributed by atoms with Crippen LogP contribution in [0.15, 0.2) is 91.0 Å². The molecule has 0 saturated heterocycles. The van der Waals surface area contributed by atoms with Gasteiger partial charge >= 0.3 is 0 Å². The molecule has 1 heteroatoms. The van der Waals surface area contributed by atoms with Crippen LogP contribution in [0, 0.1) is 5.92 Å². The SMILES string of the molecule is CC[C@@H](C(c1ccccc1)c1ccccc1)[C@@H](C)NCc1ccccc1. The zero-order valence-electron chi connectivity index (χ0n) is 15.8. The molecule has 0 spiro atoms. The van der Waals surface area contributed by atoms with Crippen LogP contribution < -0.4 is 5.32 Å². The quantitative estimate of drug-likeness (QED) is 0.527. The average molecular weight is 344 g/mol. The van der Waals surface area contributed by atoms with Crippen molar-refractivity contribution in [2.45, 2.75) is 38.8 Å². The molecule has 134 valence electrons. The van der Waals surface area contributed by atoms with E-state index in [1.54, 1.807) is 0 Å². The molecule has 3 rings (SSSR count). The van der Waals surface area contributed by atoms with Crippen LogP contribution in [0.4, 0.5) is 0 Å². The molecule has 0 fully saturated rings. The first kappa shape index (κ1) is 18.4. The summed E-state index contributed by atoms with van der Waals surface area (Å²) in [4.78, 5) is 0. The molecule has 0 radical (unpaired) electrons. The molecule has 26 heavy (non-hydrogen) atoms. The first-order valence-electron chi connectivity index (χ1n) is 9.66. The fraction of sp³-hybridized carbons (Fsp3) is 0.280. The van der Waals surface area contributed by atoms with Gasteiger partial charge in [0.15, 0.2) is 0 Å². The van der Waals surface area contributed by atoms with Gasteiger partial charge in [-0.1, -0.05) is 104 Å². The van der Waals surface area contributed by atoms with E-state index in [0.29, 0.717) is 17.9 Å². The van der Waals surface area contributed by atoms with Crippen molar-refractivity contribution in [3.05, 3.63) is 108 Å². The largest absolute Gasteiger partial charge is 0.310 e. The Kier molecular flexibility index (Phi) is 6.62. The maximum Gasteiger partial charge on any atom is 0.0208 e. The first-order chi connectivity index (χ1) is 12.8. The van der Waals surface area contributed by atoms with E-state index in [9.17, 15) is 0 Å². The third-order valence-electron chi connectivity index (χ3n) is 5.33. The van der Waals surface area contributed by atoms with Crippen LogP contribution in [0.3, 0.4) is 0 Å². The maximum absolute atomic E-state index is 3.77. The standard InChI is InChI=1S/C25H29N/c1-3-24(20(2)26-19-21-13-7-4-8-14-21)25(22-15-9-5-10-16-22)23-17-11-6-12-18-23/h4-18,20,24-26H,3,19H2,1-2H3/t20-,24-/m1/s1. The Labute approximate surface area is 158 Å². The molecule has 0 unspecified atom stereocenters. The van der Waals surface area contributed by atoms with Crippen LogP contribution >= 0.6 is 0 Å². The van der Waals surface area contributed by atoms with Crippen LogP contribution in [-0.4, -0.2) is 6.04 Å². The van der Waals surface area contributed by atoms with E-state index in [2.05, 4.69) is 110 Å². The number of nitrogens with one attached hydrogen (secondary N) is 1. The van der Waals surface area contributed by atoms with Gasteiger partial charge in [0.1, 0.15) is 0 Å². The van der Waals surface area contributed by atoms with E-state index in [4.69, 9.17) is 0 Å². The second-order valence-corrected chi connectivity index (χ2v) is 7.03. The zero-order valence-corrected chi connectivity index (χ0v) is 15.8. The monoisotopic (exact) mass is 343 g/mol. The van der Waals surface area contributed by atoms with Gasteiger partial charge in [-0.15, -0.1) is 0 Å². The van der Waals surface area contributed by atoms with E-state index in [1.807, 2.05) is 0 Å². The molecule has 0 bridgehead atoms. The normalized spacial score (nSPS) is 13.5. The highest BCUT2D eigenvalue weighted by atomic mass is 14.9. The van der Waals surface area contributed by atoms with Gasteiger partial charge in [-0.2, -0.15) is 0 Å². The number of hydrogen-bond donors (Lipinski definition) is 1. The van der Waals surface area contributed by atoms with Crippen molar-refractivity contribution in [3.8, 4) is 0 Å². The fourth-order valence-corrected chi connectivity index (χ4v) is 3.91. The van der Waals surface area contributed by atoms with Crippen LogP contribution in [0.1, 0.15) is 42.9 Å². The fourth-order valence-electron chi connectivity index (χ4n) is 3.91. The lowest BCUT2D eigenvalue weighted by Gasteiger charge is -2.33. The predicted molar refractivity (Wildman–Crippen MR) is 111 cm³/mol. The van der Waals surface area contributed by atoms with Crippen molar-refractivity contribution < 1.29 is 0 Å². The summed E-state index contributed by atoms with van der Waals surface area (Å²) < 4.78 is 0. The van der Waals surface area contributed by atoms with Gasteiger partial charge in [-0.25, -0.2) is 0 Å². The Bertz CT molecular complexity index is 712. The number of hydrogen-bond acceptors (Lipinski definition) is 1. The Morgan fingerprint density at radius 1 is 0.692 bits per heavy atom. The molecule has 1 nitrogen and oxygen atoms in total. The van der Waals surface area contributed by atoms with E-state index < -0.39 is 0 Å². The van der Waals surface area contributed by atoms with Crippen molar-refractivity contribution in [2.24, 2.45) is 5.92 Å². The molecule has 3 aromatic rings. The Hall–Kier alpha value is -2.38. The van der Waals surface area contributed by atoms with Crippen LogP contribution in [-0.2, 0) is 6.54 Å². The molecule has 2 atom stereocenters. The van der Waals surface area contributed by atoms with Gasteiger partial charge in [-0.05, 0) is 29.5 Å². The van der Waals surface area contributed by atoms with Crippen LogP contribution in [0.5, 0.6) is 0 Å². The van der Waals surface area contributed by atoms with Gasteiger partial charge in [0.25, 0.3) is 0 Å². The molecule has 0 heterocycles. The van der Waals surface area contributed by atoms with Crippen LogP contribution in [0.25, 0.3) is 0 Å². The maximum atomic E-state index is 3.77. The van der Waals surface area contributed by atoms with Crippen molar-refractivity contribution in [1.82, 2.24) is 5.32 Å². The summed E-state index contributed by atoms with van der Waals surface area (Å²) in [6.07, 6.45) is 1.14. The number of benzene rings is 3. The molecule has 0 aliphatic carbocycles. The van der Waals surface area contributed by atoms with Crippen molar-refractivity contribution in [3.63, 3.8) is 0 Å². The number of rotatable bonds is 8. The van der Waals surface area contributed by atoms with Crippen LogP contribution in [0.2, 0.25) is 0 Å². The average Bonchev–Trinajstić information content (AvgIpc) is 2.72. The predicted octanol–water partition coefficient (Wildman–Crippen LogP) is 6.02. The summed E-state index contributed by atoms with van der Waals surface area (Å²) in [7, 11) is 0. The summed E-state index contributed by atoms with van der Waals surface area (Å²) in [5.41, 5.74) is 4.14. The second-order valence-electron chi connectivity index (χ2n) is 7.03. The second kappa shape index (κ2) is 9.35. The van der Waals surface area contributed by atoms with Crippen molar-refractivity contribution in [1.29, 1.82) is 0 Å². The minimum Gasteiger partial charge on any atom is -0.310 e. The topological polar surface area (TPSA) is 12.0 Å². The third kappa shape index (κ3) is 4.62. The summed E-state index contributed by atoms with van der Waals surface area (Å²) >= 11 is 0. The zero-order chi connectivity index (χ0) is 18.2. The van der Waals surface area contributed by atoms with Gasteiger partial charge in [-0.3, -0.25) is 0 Å². The molecule has 0 aliphatic heterocycles. The Morgan fingerprint density at radius 3 is 1.62 bits per heavy atom. The van der Waals surface area contributed by atoms with Crippen molar-refractivity contribution >= 4 is 0 Å². The lowest BCUT2D eigenvalue weighted by molar-refractivity contribution is 0.330. The van der Waals surface area contributed by atoms with E-state index in [1.165, 1.54) is 16.7 Å². The molecule has 1 N–H and O–H groups in total. The summed E-state index contributed by atoms with van der Waals surface area (Å²) in [5, 5.41) is 3.77. The van der Waals surface area contributed by atoms with Crippen molar-refractivity contribution in [2.75, 3.05) is 0 Å².